The van der Waals surface area contributed by atoms with Crippen LogP contribution >= 0.6 is 0 Å². The molecule has 6 nitrogen and oxygen atoms in total. The molecule has 0 radical (unpaired) electrons. The van der Waals surface area contributed by atoms with E-state index >= 15 is 0 Å². The fourth-order valence-corrected chi connectivity index (χ4v) is 3.92. The molecule has 0 spiro atoms. The highest BCUT2D eigenvalue weighted by atomic mass is 32.2. The summed E-state index contributed by atoms with van der Waals surface area (Å²) in [6, 6.07) is 12.8. The fourth-order valence-electron chi connectivity index (χ4n) is 2.30. The predicted octanol–water partition coefficient (Wildman–Crippen LogP) is 1.27. The van der Waals surface area contributed by atoms with E-state index in [0.717, 1.165) is 11.6 Å². The quantitative estimate of drug-likeness (QED) is 0.752. The summed E-state index contributed by atoms with van der Waals surface area (Å²) in [5.74, 6) is -1.35. The summed E-state index contributed by atoms with van der Waals surface area (Å²) in [7, 11) is -2.60. The molecule has 0 N–H and O–H groups in total. The Bertz CT molecular complexity index is 818. The third-order valence-electron chi connectivity index (χ3n) is 3.57. The number of aromatic carboxylic acids is 1. The lowest BCUT2D eigenvalue weighted by molar-refractivity contribution is -0.255. The van der Waals surface area contributed by atoms with E-state index in [2.05, 4.69) is 0 Å². The maximum Gasteiger partial charge on any atom is 0.247 e. The van der Waals surface area contributed by atoms with Crippen LogP contribution in [0.2, 0.25) is 0 Å². The molecule has 0 fully saturated rings. The lowest BCUT2D eigenvalue weighted by Crippen LogP contribution is -2.31. The monoisotopic (exact) mass is 348 g/mol. The van der Waals surface area contributed by atoms with Gasteiger partial charge in [-0.2, -0.15) is 4.31 Å². The number of carboxylic acid groups (broad SMARTS) is 1. The molecule has 0 saturated carbocycles. The van der Waals surface area contributed by atoms with Crippen LogP contribution in [-0.2, 0) is 16.6 Å². The Hall–Kier alpha value is -2.38. The van der Waals surface area contributed by atoms with Crippen LogP contribution in [0.25, 0.3) is 0 Å². The van der Waals surface area contributed by atoms with Crippen molar-refractivity contribution in [2.45, 2.75) is 18.4 Å². The number of carbonyl (C=O) groups is 1. The minimum atomic E-state index is -3.93. The Labute approximate surface area is 141 Å². The summed E-state index contributed by atoms with van der Waals surface area (Å²) in [6.07, 6.45) is 0. The molecule has 0 aliphatic heterocycles. The number of carboxylic acids is 1. The molecule has 2 aromatic carbocycles. The standard InChI is InChI=1S/C17H19NO5S/c1-3-18(12-13-7-5-4-6-8-13)24(21,22)16-11-14(17(19)20)9-10-15(16)23-2/h4-11H,3,12H2,1-2H3,(H,19,20)/p-1. The molecule has 0 aromatic heterocycles. The Morgan fingerprint density at radius 1 is 1.17 bits per heavy atom. The van der Waals surface area contributed by atoms with Gasteiger partial charge in [-0.1, -0.05) is 37.3 Å². The van der Waals surface area contributed by atoms with Gasteiger partial charge in [0, 0.05) is 13.1 Å². The van der Waals surface area contributed by atoms with Crippen molar-refractivity contribution in [3.63, 3.8) is 0 Å². The number of hydrogen-bond acceptors (Lipinski definition) is 5. The SMILES string of the molecule is CCN(Cc1ccccc1)S(=O)(=O)c1cc(C(=O)[O-])ccc1OC. The molecular formula is C17H18NO5S-. The fraction of sp³-hybridized carbons (Fsp3) is 0.235. The van der Waals surface area contributed by atoms with Gasteiger partial charge in [0.1, 0.15) is 10.6 Å². The first kappa shape index (κ1) is 18.0. The minimum absolute atomic E-state index is 0.0894. The highest BCUT2D eigenvalue weighted by Crippen LogP contribution is 2.28. The number of benzene rings is 2. The third-order valence-corrected chi connectivity index (χ3v) is 5.51. The van der Waals surface area contributed by atoms with Crippen LogP contribution in [0.15, 0.2) is 53.4 Å². The van der Waals surface area contributed by atoms with Crippen LogP contribution in [0.5, 0.6) is 5.75 Å². The molecule has 2 aromatic rings. The van der Waals surface area contributed by atoms with Crippen LogP contribution < -0.4 is 9.84 Å². The maximum atomic E-state index is 13.0. The van der Waals surface area contributed by atoms with Gasteiger partial charge in [-0.15, -0.1) is 0 Å². The normalized spacial score (nSPS) is 11.5. The molecule has 24 heavy (non-hydrogen) atoms. The molecule has 0 aliphatic carbocycles. The van der Waals surface area contributed by atoms with Crippen molar-refractivity contribution in [1.29, 1.82) is 0 Å². The maximum absolute atomic E-state index is 13.0. The van der Waals surface area contributed by atoms with Gasteiger partial charge in [-0.25, -0.2) is 8.42 Å². The number of sulfonamides is 1. The molecule has 0 unspecified atom stereocenters. The average molecular weight is 348 g/mol. The van der Waals surface area contributed by atoms with Crippen molar-refractivity contribution < 1.29 is 23.1 Å². The first-order chi connectivity index (χ1) is 11.4. The molecule has 0 atom stereocenters. The zero-order valence-electron chi connectivity index (χ0n) is 13.4. The van der Waals surface area contributed by atoms with Crippen LogP contribution in [0, 0.1) is 0 Å². The summed E-state index contributed by atoms with van der Waals surface area (Å²) < 4.78 is 32.3. The Morgan fingerprint density at radius 2 is 1.83 bits per heavy atom. The van der Waals surface area contributed by atoms with Crippen LogP contribution in [0.1, 0.15) is 22.8 Å². The Kier molecular flexibility index (Phi) is 5.58. The summed E-state index contributed by atoms with van der Waals surface area (Å²) in [6.45, 7) is 2.13. The van der Waals surface area contributed by atoms with E-state index < -0.39 is 16.0 Å². The lowest BCUT2D eigenvalue weighted by Gasteiger charge is -2.22. The average Bonchev–Trinajstić information content (AvgIpc) is 2.59. The second-order valence-corrected chi connectivity index (χ2v) is 6.98. The van der Waals surface area contributed by atoms with Gasteiger partial charge < -0.3 is 14.6 Å². The number of rotatable bonds is 7. The number of carbonyl (C=O) groups excluding carboxylic acids is 1. The summed E-state index contributed by atoms with van der Waals surface area (Å²) >= 11 is 0. The van der Waals surface area contributed by atoms with Gasteiger partial charge in [0.2, 0.25) is 10.0 Å². The van der Waals surface area contributed by atoms with Crippen LogP contribution in [-0.4, -0.2) is 32.3 Å². The molecule has 128 valence electrons. The molecule has 2 rings (SSSR count). The smallest absolute Gasteiger partial charge is 0.247 e. The number of ether oxygens (including phenoxy) is 1. The van der Waals surface area contributed by atoms with E-state index in [9.17, 15) is 18.3 Å². The van der Waals surface area contributed by atoms with Crippen LogP contribution in [0.4, 0.5) is 0 Å². The van der Waals surface area contributed by atoms with Crippen molar-refractivity contribution in [2.75, 3.05) is 13.7 Å². The summed E-state index contributed by atoms with van der Waals surface area (Å²) in [5.41, 5.74) is 0.614. The van der Waals surface area contributed by atoms with Gasteiger partial charge in [-0.05, 0) is 29.3 Å². The second-order valence-electron chi connectivity index (χ2n) is 5.07. The largest absolute Gasteiger partial charge is 0.545 e. The van der Waals surface area contributed by atoms with Gasteiger partial charge >= 0.3 is 0 Å². The van der Waals surface area contributed by atoms with Crippen molar-refractivity contribution in [3.8, 4) is 5.75 Å². The predicted molar refractivity (Wildman–Crippen MR) is 87.0 cm³/mol. The van der Waals surface area contributed by atoms with Crippen molar-refractivity contribution in [1.82, 2.24) is 4.31 Å². The topological polar surface area (TPSA) is 86.7 Å². The highest BCUT2D eigenvalue weighted by Gasteiger charge is 2.27. The second kappa shape index (κ2) is 7.46. The zero-order valence-corrected chi connectivity index (χ0v) is 14.2. The lowest BCUT2D eigenvalue weighted by atomic mass is 10.2. The summed E-state index contributed by atoms with van der Waals surface area (Å²) in [4.78, 5) is 10.9. The van der Waals surface area contributed by atoms with E-state index in [1.54, 1.807) is 6.92 Å². The molecule has 0 bridgehead atoms. The zero-order chi connectivity index (χ0) is 17.7. The van der Waals surface area contributed by atoms with E-state index in [4.69, 9.17) is 4.74 Å². The molecular weight excluding hydrogens is 330 g/mol. The van der Waals surface area contributed by atoms with Crippen LogP contribution in [0.3, 0.4) is 0 Å². The van der Waals surface area contributed by atoms with Crippen molar-refractivity contribution in [3.05, 3.63) is 59.7 Å². The van der Waals surface area contributed by atoms with E-state index in [1.165, 1.54) is 23.5 Å². The first-order valence-electron chi connectivity index (χ1n) is 7.33. The minimum Gasteiger partial charge on any atom is -0.545 e. The van der Waals surface area contributed by atoms with Gasteiger partial charge in [-0.3, -0.25) is 0 Å². The molecule has 7 heteroatoms. The Morgan fingerprint density at radius 3 is 2.38 bits per heavy atom. The van der Waals surface area contributed by atoms with Gasteiger partial charge in [0.15, 0.2) is 0 Å². The van der Waals surface area contributed by atoms with Crippen molar-refractivity contribution >= 4 is 16.0 Å². The highest BCUT2D eigenvalue weighted by molar-refractivity contribution is 7.89. The summed E-state index contributed by atoms with van der Waals surface area (Å²) in [5, 5.41) is 11.0. The first-order valence-corrected chi connectivity index (χ1v) is 8.77. The third kappa shape index (κ3) is 3.74. The molecule has 0 aliphatic rings. The van der Waals surface area contributed by atoms with Gasteiger partial charge in [0.25, 0.3) is 0 Å². The van der Waals surface area contributed by atoms with E-state index in [0.29, 0.717) is 0 Å². The Balaban J connectivity index is 2.47. The number of methoxy groups -OCH3 is 1. The molecule has 0 saturated heterocycles. The van der Waals surface area contributed by atoms with Gasteiger partial charge in [0.05, 0.1) is 13.1 Å². The van der Waals surface area contributed by atoms with E-state index in [-0.39, 0.29) is 29.3 Å². The van der Waals surface area contributed by atoms with E-state index in [1.807, 2.05) is 30.3 Å². The van der Waals surface area contributed by atoms with Crippen molar-refractivity contribution in [2.24, 2.45) is 0 Å². The molecule has 0 amide bonds. The number of hydrogen-bond donors (Lipinski definition) is 0. The number of nitrogens with zero attached hydrogens (tertiary/aromatic N) is 1. The molecule has 0 heterocycles.